The van der Waals surface area contributed by atoms with Crippen LogP contribution in [-0.2, 0) is 0 Å². The second-order valence-electron chi connectivity index (χ2n) is 12.9. The van der Waals surface area contributed by atoms with E-state index >= 15 is 0 Å². The normalized spacial score (nSPS) is 12.0. The largest absolute Gasteiger partial charge is 0.455 e. The van der Waals surface area contributed by atoms with Gasteiger partial charge in [0.2, 0.25) is 0 Å². The summed E-state index contributed by atoms with van der Waals surface area (Å²) in [5.41, 5.74) is 7.46. The molecule has 4 heteroatoms. The molecule has 2 nitrogen and oxygen atoms in total. The molecule has 0 aliphatic carbocycles. The van der Waals surface area contributed by atoms with E-state index in [2.05, 4.69) is 169 Å². The third-order valence-electron chi connectivity index (χ3n) is 10.1. The summed E-state index contributed by atoms with van der Waals surface area (Å²) in [6, 6.07) is 59.5. The Bertz CT molecular complexity index is 2990. The average molecular weight is 674 g/mol. The maximum atomic E-state index is 6.59. The minimum atomic E-state index is 0.919. The number of fused-ring (bicyclic) bond motifs is 11. The maximum Gasteiger partial charge on any atom is 0.143 e. The fourth-order valence-corrected chi connectivity index (χ4v) is 10.0. The Morgan fingerprint density at radius 1 is 0.400 bits per heavy atom. The van der Waals surface area contributed by atoms with Crippen molar-refractivity contribution >= 4 is 113 Å². The van der Waals surface area contributed by atoms with E-state index in [0.717, 1.165) is 44.7 Å². The highest BCUT2D eigenvalue weighted by Gasteiger charge is 2.18. The van der Waals surface area contributed by atoms with Crippen LogP contribution < -0.4 is 4.90 Å². The zero-order valence-electron chi connectivity index (χ0n) is 26.8. The first-order valence-electron chi connectivity index (χ1n) is 16.8. The van der Waals surface area contributed by atoms with Gasteiger partial charge < -0.3 is 9.32 Å². The Morgan fingerprint density at radius 3 is 1.64 bits per heavy atom. The van der Waals surface area contributed by atoms with Crippen molar-refractivity contribution in [1.29, 1.82) is 0 Å². The second-order valence-corrected chi connectivity index (χ2v) is 15.1. The van der Waals surface area contributed by atoms with Gasteiger partial charge in [-0.1, -0.05) is 109 Å². The van der Waals surface area contributed by atoms with Gasteiger partial charge in [-0.25, -0.2) is 0 Å². The number of para-hydroxylation sites is 1. The smallest absolute Gasteiger partial charge is 0.143 e. The Labute approximate surface area is 295 Å². The van der Waals surface area contributed by atoms with E-state index in [0.29, 0.717) is 0 Å². The van der Waals surface area contributed by atoms with Crippen LogP contribution >= 0.6 is 22.7 Å². The second kappa shape index (κ2) is 10.8. The lowest BCUT2D eigenvalue weighted by Gasteiger charge is -2.26. The van der Waals surface area contributed by atoms with E-state index < -0.39 is 0 Å². The Hall–Kier alpha value is -5.94. The third kappa shape index (κ3) is 4.19. The van der Waals surface area contributed by atoms with Gasteiger partial charge in [0.1, 0.15) is 11.2 Å². The van der Waals surface area contributed by atoms with Crippen LogP contribution in [0.3, 0.4) is 0 Å². The van der Waals surface area contributed by atoms with Gasteiger partial charge in [-0.3, -0.25) is 0 Å². The quantitative estimate of drug-likeness (QED) is 0.185. The first-order valence-corrected chi connectivity index (χ1v) is 18.5. The summed E-state index contributed by atoms with van der Waals surface area (Å²) in [5, 5.41) is 10.00. The molecule has 0 amide bonds. The Morgan fingerprint density at radius 2 is 0.960 bits per heavy atom. The molecule has 0 aliphatic heterocycles. The van der Waals surface area contributed by atoms with E-state index in [1.165, 1.54) is 56.5 Å². The molecular formula is C46H27NOS2. The highest BCUT2D eigenvalue weighted by atomic mass is 32.1. The van der Waals surface area contributed by atoms with Crippen molar-refractivity contribution in [1.82, 2.24) is 0 Å². The van der Waals surface area contributed by atoms with Crippen LogP contribution in [0, 0.1) is 0 Å². The van der Waals surface area contributed by atoms with E-state index in [4.69, 9.17) is 4.42 Å². The van der Waals surface area contributed by atoms with E-state index in [1.54, 1.807) is 0 Å². The molecule has 0 bridgehead atoms. The highest BCUT2D eigenvalue weighted by molar-refractivity contribution is 7.26. The molecule has 0 spiro atoms. The number of anilines is 3. The van der Waals surface area contributed by atoms with Crippen LogP contribution in [0.1, 0.15) is 0 Å². The molecule has 0 radical (unpaired) electrons. The summed E-state index contributed by atoms with van der Waals surface area (Å²) in [4.78, 5) is 2.39. The number of furan rings is 1. The molecule has 0 saturated carbocycles. The SMILES string of the molecule is c1ccc2c(c1)ccc1oc3c(-c4ccc(N(c5ccc6c(c5)sc5ccccc56)c5ccc6c(c5)sc5ccccc56)cc4)cccc3c12. The number of thiophene rings is 2. The van der Waals surface area contributed by atoms with Gasteiger partial charge >= 0.3 is 0 Å². The molecule has 11 rings (SSSR count). The summed E-state index contributed by atoms with van der Waals surface area (Å²) in [6.45, 7) is 0. The standard InChI is InChI=1S/C46H27NOS2/c1-2-9-33-28(8-1)18-25-40-45(33)39-13-7-12-34(46(39)48-40)29-16-19-30(20-17-29)47(31-21-23-37-35-10-3-5-14-41(35)49-43(37)26-31)32-22-24-38-36-11-4-6-15-42(36)50-44(38)27-32/h1-27H. The van der Waals surface area contributed by atoms with E-state index in [9.17, 15) is 0 Å². The zero-order chi connectivity index (χ0) is 32.8. The summed E-state index contributed by atoms with van der Waals surface area (Å²) < 4.78 is 11.8. The number of benzene rings is 8. The lowest BCUT2D eigenvalue weighted by molar-refractivity contribution is 0.670. The fraction of sp³-hybridized carbons (Fsp3) is 0. The van der Waals surface area contributed by atoms with Crippen LogP contribution in [0.4, 0.5) is 17.1 Å². The summed E-state index contributed by atoms with van der Waals surface area (Å²) >= 11 is 3.71. The van der Waals surface area contributed by atoms with Crippen molar-refractivity contribution in [3.05, 3.63) is 164 Å². The van der Waals surface area contributed by atoms with Crippen LogP contribution in [0.2, 0.25) is 0 Å². The van der Waals surface area contributed by atoms with Gasteiger partial charge in [-0.15, -0.1) is 22.7 Å². The lowest BCUT2D eigenvalue weighted by atomic mass is 9.99. The van der Waals surface area contributed by atoms with Gasteiger partial charge in [-0.2, -0.15) is 0 Å². The average Bonchev–Trinajstić information content (AvgIpc) is 3.86. The van der Waals surface area contributed by atoms with E-state index in [-0.39, 0.29) is 0 Å². The third-order valence-corrected chi connectivity index (χ3v) is 12.3. The molecule has 50 heavy (non-hydrogen) atoms. The van der Waals surface area contributed by atoms with Crippen molar-refractivity contribution in [3.8, 4) is 11.1 Å². The molecule has 3 aromatic heterocycles. The first kappa shape index (κ1) is 28.0. The highest BCUT2D eigenvalue weighted by Crippen LogP contribution is 2.44. The van der Waals surface area contributed by atoms with Gasteiger partial charge in [0.05, 0.1) is 0 Å². The maximum absolute atomic E-state index is 6.59. The van der Waals surface area contributed by atoms with Crippen molar-refractivity contribution in [2.75, 3.05) is 4.90 Å². The topological polar surface area (TPSA) is 16.4 Å². The lowest BCUT2D eigenvalue weighted by Crippen LogP contribution is -2.09. The molecule has 0 fully saturated rings. The summed E-state index contributed by atoms with van der Waals surface area (Å²) in [7, 11) is 0. The molecule has 0 atom stereocenters. The Balaban J connectivity index is 1.07. The van der Waals surface area contributed by atoms with Crippen molar-refractivity contribution < 1.29 is 4.42 Å². The van der Waals surface area contributed by atoms with Gasteiger partial charge in [0.25, 0.3) is 0 Å². The first-order chi connectivity index (χ1) is 24.8. The summed E-state index contributed by atoms with van der Waals surface area (Å²) in [5.74, 6) is 0. The van der Waals surface area contributed by atoms with Crippen molar-refractivity contribution in [2.45, 2.75) is 0 Å². The predicted molar refractivity (Wildman–Crippen MR) is 217 cm³/mol. The van der Waals surface area contributed by atoms with Crippen LogP contribution in [-0.4, -0.2) is 0 Å². The van der Waals surface area contributed by atoms with Crippen molar-refractivity contribution in [3.63, 3.8) is 0 Å². The molecule has 0 saturated heterocycles. The molecule has 0 aliphatic rings. The van der Waals surface area contributed by atoms with E-state index in [1.807, 2.05) is 22.7 Å². The molecular weight excluding hydrogens is 647 g/mol. The van der Waals surface area contributed by atoms with Gasteiger partial charge in [0.15, 0.2) is 0 Å². The van der Waals surface area contributed by atoms with Crippen LogP contribution in [0.15, 0.2) is 168 Å². The zero-order valence-corrected chi connectivity index (χ0v) is 28.4. The number of hydrogen-bond acceptors (Lipinski definition) is 4. The summed E-state index contributed by atoms with van der Waals surface area (Å²) in [6.07, 6.45) is 0. The van der Waals surface area contributed by atoms with Crippen LogP contribution in [0.5, 0.6) is 0 Å². The molecule has 234 valence electrons. The minimum absolute atomic E-state index is 0.919. The monoisotopic (exact) mass is 673 g/mol. The number of rotatable bonds is 4. The van der Waals surface area contributed by atoms with Crippen LogP contribution in [0.25, 0.3) is 84.2 Å². The molecule has 8 aromatic carbocycles. The van der Waals surface area contributed by atoms with Crippen molar-refractivity contribution in [2.24, 2.45) is 0 Å². The number of nitrogens with zero attached hydrogens (tertiary/aromatic N) is 1. The minimum Gasteiger partial charge on any atom is -0.455 e. The van der Waals surface area contributed by atoms with Gasteiger partial charge in [-0.05, 0) is 70.9 Å². The number of hydrogen-bond donors (Lipinski definition) is 0. The molecule has 0 unspecified atom stereocenters. The van der Waals surface area contributed by atoms with Gasteiger partial charge in [0, 0.05) is 73.7 Å². The Kier molecular flexibility index (Phi) is 6.03. The molecule has 3 heterocycles. The molecule has 11 aromatic rings. The fourth-order valence-electron chi connectivity index (χ4n) is 7.74. The predicted octanol–water partition coefficient (Wildman–Crippen LogP) is 14.6. The molecule has 0 N–H and O–H groups in total.